The molecule has 10 nitrogen and oxygen atoms in total. The molecule has 0 atom stereocenters. The number of fused-ring (bicyclic) bond motifs is 1. The van der Waals surface area contributed by atoms with E-state index in [9.17, 15) is 14.4 Å². The second-order valence-electron chi connectivity index (χ2n) is 11.8. The van der Waals surface area contributed by atoms with Crippen molar-refractivity contribution in [3.05, 3.63) is 58.2 Å². The quantitative estimate of drug-likeness (QED) is 0.341. The molecule has 1 aliphatic carbocycles. The van der Waals surface area contributed by atoms with Crippen LogP contribution in [0.4, 0.5) is 21.3 Å². The van der Waals surface area contributed by atoms with Crippen LogP contribution in [-0.2, 0) is 11.2 Å². The first-order valence-electron chi connectivity index (χ1n) is 14.4. The molecule has 0 spiro atoms. The summed E-state index contributed by atoms with van der Waals surface area (Å²) in [6.45, 7) is 7.92. The molecule has 2 heterocycles. The molecule has 2 aromatic heterocycles. The molecule has 3 amide bonds. The van der Waals surface area contributed by atoms with Crippen LogP contribution in [0.5, 0.6) is 0 Å². The van der Waals surface area contributed by atoms with Crippen LogP contribution >= 0.6 is 0 Å². The molecular weight excluding hydrogens is 522 g/mol. The lowest BCUT2D eigenvalue weighted by Gasteiger charge is -2.29. The van der Waals surface area contributed by atoms with Gasteiger partial charge in [0, 0.05) is 38.2 Å². The van der Waals surface area contributed by atoms with Crippen molar-refractivity contribution < 1.29 is 18.7 Å². The number of rotatable bonds is 8. The SMILES string of the molecule is Cc1c(NC(=O)OC(C)(C)C)ccc2nc(N(CCC3CCCCC3)C(=O)N(C)CCc3cccnc3)oc(=O)c12. The lowest BCUT2D eigenvalue weighted by Crippen LogP contribution is -2.44. The van der Waals surface area contributed by atoms with Gasteiger partial charge in [0.15, 0.2) is 0 Å². The van der Waals surface area contributed by atoms with Gasteiger partial charge in [-0.25, -0.2) is 19.3 Å². The number of aryl methyl sites for hydroxylation is 1. The predicted molar refractivity (Wildman–Crippen MR) is 159 cm³/mol. The predicted octanol–water partition coefficient (Wildman–Crippen LogP) is 6.31. The van der Waals surface area contributed by atoms with Gasteiger partial charge < -0.3 is 14.1 Å². The minimum Gasteiger partial charge on any atom is -0.444 e. The molecule has 0 unspecified atom stereocenters. The lowest BCUT2D eigenvalue weighted by atomic mass is 9.87. The van der Waals surface area contributed by atoms with Gasteiger partial charge in [-0.15, -0.1) is 0 Å². The maximum Gasteiger partial charge on any atom is 0.412 e. The van der Waals surface area contributed by atoms with Gasteiger partial charge in [-0.05, 0) is 75.8 Å². The van der Waals surface area contributed by atoms with E-state index < -0.39 is 17.3 Å². The number of amides is 3. The molecule has 0 radical (unpaired) electrons. The van der Waals surface area contributed by atoms with Crippen LogP contribution in [0.2, 0.25) is 0 Å². The Morgan fingerprint density at radius 3 is 2.56 bits per heavy atom. The number of hydrogen-bond donors (Lipinski definition) is 1. The molecule has 0 saturated heterocycles. The summed E-state index contributed by atoms with van der Waals surface area (Å²) < 4.78 is 11.0. The fourth-order valence-electron chi connectivity index (χ4n) is 5.18. The van der Waals surface area contributed by atoms with Gasteiger partial charge in [-0.1, -0.05) is 38.2 Å². The van der Waals surface area contributed by atoms with E-state index in [0.717, 1.165) is 24.8 Å². The molecule has 4 rings (SSSR count). The van der Waals surface area contributed by atoms with E-state index in [4.69, 9.17) is 9.15 Å². The van der Waals surface area contributed by atoms with Crippen LogP contribution in [0, 0.1) is 12.8 Å². The molecule has 1 aromatic carbocycles. The van der Waals surface area contributed by atoms with Crippen LogP contribution in [0.25, 0.3) is 10.9 Å². The van der Waals surface area contributed by atoms with Crippen LogP contribution in [0.15, 0.2) is 45.9 Å². The van der Waals surface area contributed by atoms with E-state index in [2.05, 4.69) is 15.3 Å². The van der Waals surface area contributed by atoms with Gasteiger partial charge in [0.1, 0.15) is 5.60 Å². The summed E-state index contributed by atoms with van der Waals surface area (Å²) in [5.74, 6) is 0.524. The number of likely N-dealkylation sites (N-methyl/N-ethyl adjacent to an activating group) is 1. The summed E-state index contributed by atoms with van der Waals surface area (Å²) in [4.78, 5) is 51.2. The fourth-order valence-corrected chi connectivity index (χ4v) is 5.18. The van der Waals surface area contributed by atoms with Crippen molar-refractivity contribution in [2.75, 3.05) is 30.4 Å². The fraction of sp³-hybridized carbons (Fsp3) is 0.516. The number of carbonyl (C=O) groups excluding carboxylic acids is 2. The molecule has 1 aliphatic rings. The Morgan fingerprint density at radius 1 is 1.12 bits per heavy atom. The van der Waals surface area contributed by atoms with Gasteiger partial charge in [-0.3, -0.25) is 10.3 Å². The zero-order valence-corrected chi connectivity index (χ0v) is 24.7. The smallest absolute Gasteiger partial charge is 0.412 e. The number of hydrogen-bond acceptors (Lipinski definition) is 7. The Hall–Kier alpha value is -3.95. The first-order valence-corrected chi connectivity index (χ1v) is 14.4. The van der Waals surface area contributed by atoms with E-state index in [-0.39, 0.29) is 17.4 Å². The lowest BCUT2D eigenvalue weighted by molar-refractivity contribution is 0.0635. The summed E-state index contributed by atoms with van der Waals surface area (Å²) in [5, 5.41) is 2.94. The first-order chi connectivity index (χ1) is 19.5. The van der Waals surface area contributed by atoms with E-state index in [1.165, 1.54) is 24.2 Å². The van der Waals surface area contributed by atoms with Crippen molar-refractivity contribution in [3.63, 3.8) is 0 Å². The van der Waals surface area contributed by atoms with Crippen molar-refractivity contribution in [2.45, 2.75) is 78.2 Å². The summed E-state index contributed by atoms with van der Waals surface area (Å²) in [7, 11) is 1.74. The zero-order valence-electron chi connectivity index (χ0n) is 24.7. The highest BCUT2D eigenvalue weighted by Gasteiger charge is 2.27. The number of urea groups is 1. The number of nitrogens with zero attached hydrogens (tertiary/aromatic N) is 4. The third-order valence-electron chi connectivity index (χ3n) is 7.42. The van der Waals surface area contributed by atoms with Gasteiger partial charge in [0.25, 0.3) is 0 Å². The molecular formula is C31H41N5O5. The summed E-state index contributed by atoms with van der Waals surface area (Å²) in [6.07, 6.45) is 10.3. The van der Waals surface area contributed by atoms with Crippen LogP contribution in [-0.4, -0.2) is 52.7 Å². The van der Waals surface area contributed by atoms with E-state index in [1.54, 1.807) is 64.2 Å². The molecule has 1 saturated carbocycles. The standard InChI is InChI=1S/C31H41N5O5/c1-21-24(34-29(38)41-31(2,3)4)13-14-25-26(21)27(37)40-28(33-25)36(19-16-22-10-7-6-8-11-22)30(39)35(5)18-15-23-12-9-17-32-20-23/h9,12-14,17,20,22H,6-8,10-11,15-16,18-19H2,1-5H3,(H,34,38). The van der Waals surface area contributed by atoms with Crippen molar-refractivity contribution in [1.29, 1.82) is 0 Å². The number of nitrogens with one attached hydrogen (secondary N) is 1. The number of anilines is 2. The normalized spacial score (nSPS) is 14.1. The largest absolute Gasteiger partial charge is 0.444 e. The minimum atomic E-state index is -0.664. The molecule has 0 bridgehead atoms. The second-order valence-corrected chi connectivity index (χ2v) is 11.8. The molecule has 1 fully saturated rings. The zero-order chi connectivity index (χ0) is 29.6. The van der Waals surface area contributed by atoms with Crippen LogP contribution < -0.4 is 15.8 Å². The molecule has 220 valence electrons. The summed E-state index contributed by atoms with van der Waals surface area (Å²) >= 11 is 0. The maximum atomic E-state index is 13.7. The highest BCUT2D eigenvalue weighted by atomic mass is 16.6. The first kappa shape index (κ1) is 30.0. The summed E-state index contributed by atoms with van der Waals surface area (Å²) in [6, 6.07) is 6.86. The van der Waals surface area contributed by atoms with Gasteiger partial charge in [0.05, 0.1) is 10.9 Å². The van der Waals surface area contributed by atoms with Gasteiger partial charge in [-0.2, -0.15) is 4.98 Å². The van der Waals surface area contributed by atoms with Gasteiger partial charge in [0.2, 0.25) is 0 Å². The average molecular weight is 564 g/mol. The third-order valence-corrected chi connectivity index (χ3v) is 7.42. The molecule has 10 heteroatoms. The Kier molecular flexibility index (Phi) is 9.62. The van der Waals surface area contributed by atoms with Crippen molar-refractivity contribution in [2.24, 2.45) is 5.92 Å². The second kappa shape index (κ2) is 13.1. The van der Waals surface area contributed by atoms with Gasteiger partial charge >= 0.3 is 23.8 Å². The summed E-state index contributed by atoms with van der Waals surface area (Å²) in [5.41, 5.74) is 1.07. The average Bonchev–Trinajstić information content (AvgIpc) is 2.93. The number of carbonyl (C=O) groups is 2. The Balaban J connectivity index is 1.60. The monoisotopic (exact) mass is 563 g/mol. The van der Waals surface area contributed by atoms with E-state index >= 15 is 0 Å². The molecule has 41 heavy (non-hydrogen) atoms. The Labute approximate surface area is 241 Å². The maximum absolute atomic E-state index is 13.7. The Morgan fingerprint density at radius 2 is 1.88 bits per heavy atom. The third kappa shape index (κ3) is 8.05. The molecule has 3 aromatic rings. The van der Waals surface area contributed by atoms with Crippen molar-refractivity contribution in [1.82, 2.24) is 14.9 Å². The topological polar surface area (TPSA) is 118 Å². The van der Waals surface area contributed by atoms with Crippen molar-refractivity contribution >= 4 is 34.7 Å². The Bertz CT molecular complexity index is 1410. The van der Waals surface area contributed by atoms with Crippen molar-refractivity contribution in [3.8, 4) is 0 Å². The highest BCUT2D eigenvalue weighted by Crippen LogP contribution is 2.29. The van der Waals surface area contributed by atoms with E-state index in [0.29, 0.717) is 42.2 Å². The van der Waals surface area contributed by atoms with Crippen LogP contribution in [0.3, 0.4) is 0 Å². The minimum absolute atomic E-state index is 0.0243. The number of ether oxygens (including phenoxy) is 1. The number of benzene rings is 1. The number of pyridine rings is 1. The molecule has 1 N–H and O–H groups in total. The molecule has 0 aliphatic heterocycles. The highest BCUT2D eigenvalue weighted by molar-refractivity contribution is 5.94. The van der Waals surface area contributed by atoms with E-state index in [1.807, 2.05) is 12.1 Å². The number of aromatic nitrogens is 2. The van der Waals surface area contributed by atoms with Crippen LogP contribution in [0.1, 0.15) is 70.4 Å².